The fourth-order valence-corrected chi connectivity index (χ4v) is 3.07. The molecule has 0 unspecified atom stereocenters. The topological polar surface area (TPSA) is 93.8 Å². The SMILES string of the molecule is Cc1ccc(N=C2NC(=O)/C(=C/c3ccccc3OCC(N)=O)S2)cc1. The molecule has 2 aromatic rings. The van der Waals surface area contributed by atoms with Gasteiger partial charge in [-0.05, 0) is 43.0 Å². The van der Waals surface area contributed by atoms with E-state index >= 15 is 0 Å². The minimum atomic E-state index is -0.562. The average molecular weight is 367 g/mol. The van der Waals surface area contributed by atoms with E-state index in [-0.39, 0.29) is 12.5 Å². The van der Waals surface area contributed by atoms with Crippen LogP contribution in [0, 0.1) is 6.92 Å². The van der Waals surface area contributed by atoms with Crippen LogP contribution in [-0.4, -0.2) is 23.6 Å². The molecule has 26 heavy (non-hydrogen) atoms. The number of primary amides is 1. The highest BCUT2D eigenvalue weighted by atomic mass is 32.2. The number of thioether (sulfide) groups is 1. The molecule has 0 aliphatic carbocycles. The lowest BCUT2D eigenvalue weighted by atomic mass is 10.2. The van der Waals surface area contributed by atoms with Crippen LogP contribution >= 0.6 is 11.8 Å². The van der Waals surface area contributed by atoms with Gasteiger partial charge in [0.15, 0.2) is 11.8 Å². The van der Waals surface area contributed by atoms with E-state index in [2.05, 4.69) is 10.3 Å². The van der Waals surface area contributed by atoms with E-state index in [1.807, 2.05) is 37.3 Å². The van der Waals surface area contributed by atoms with Gasteiger partial charge in [0, 0.05) is 5.56 Å². The van der Waals surface area contributed by atoms with E-state index in [1.165, 1.54) is 11.8 Å². The quantitative estimate of drug-likeness (QED) is 0.795. The van der Waals surface area contributed by atoms with Gasteiger partial charge in [0.2, 0.25) is 0 Å². The van der Waals surface area contributed by atoms with Crippen molar-refractivity contribution in [2.75, 3.05) is 6.61 Å². The minimum Gasteiger partial charge on any atom is -0.483 e. The number of carbonyl (C=O) groups is 2. The van der Waals surface area contributed by atoms with Crippen LogP contribution in [0.5, 0.6) is 5.75 Å². The molecule has 1 aliphatic heterocycles. The molecule has 2 amide bonds. The molecule has 0 radical (unpaired) electrons. The number of nitrogens with two attached hydrogens (primary N) is 1. The first-order valence-corrected chi connectivity index (χ1v) is 8.69. The van der Waals surface area contributed by atoms with Gasteiger partial charge >= 0.3 is 0 Å². The summed E-state index contributed by atoms with van der Waals surface area (Å²) in [6.45, 7) is 1.78. The monoisotopic (exact) mass is 367 g/mol. The molecule has 6 nitrogen and oxygen atoms in total. The molecule has 0 atom stereocenters. The molecule has 1 saturated heterocycles. The van der Waals surface area contributed by atoms with Gasteiger partial charge in [0.25, 0.3) is 11.8 Å². The van der Waals surface area contributed by atoms with Crippen molar-refractivity contribution in [1.29, 1.82) is 0 Å². The van der Waals surface area contributed by atoms with E-state index in [0.29, 0.717) is 21.4 Å². The number of nitrogens with zero attached hydrogens (tertiary/aromatic N) is 1. The third kappa shape index (κ3) is 4.52. The second-order valence-electron chi connectivity index (χ2n) is 5.61. The summed E-state index contributed by atoms with van der Waals surface area (Å²) in [7, 11) is 0. The summed E-state index contributed by atoms with van der Waals surface area (Å²) in [6, 6.07) is 14.8. The maximum Gasteiger partial charge on any atom is 0.264 e. The van der Waals surface area contributed by atoms with Crippen molar-refractivity contribution in [3.8, 4) is 5.75 Å². The summed E-state index contributed by atoms with van der Waals surface area (Å²) >= 11 is 1.25. The Hall–Kier alpha value is -3.06. The number of rotatable bonds is 5. The Balaban J connectivity index is 1.81. The molecule has 1 aliphatic rings. The zero-order valence-electron chi connectivity index (χ0n) is 14.1. The fraction of sp³-hybridized carbons (Fsp3) is 0.105. The lowest BCUT2D eigenvalue weighted by Crippen LogP contribution is -2.20. The number of aryl methyl sites for hydroxylation is 1. The maximum absolute atomic E-state index is 12.2. The van der Waals surface area contributed by atoms with Crippen molar-refractivity contribution in [2.24, 2.45) is 10.7 Å². The summed E-state index contributed by atoms with van der Waals surface area (Å²) in [4.78, 5) is 28.1. The van der Waals surface area contributed by atoms with Gasteiger partial charge in [-0.25, -0.2) is 4.99 Å². The lowest BCUT2D eigenvalue weighted by molar-refractivity contribution is -0.120. The van der Waals surface area contributed by atoms with E-state index in [4.69, 9.17) is 10.5 Å². The molecule has 1 heterocycles. The van der Waals surface area contributed by atoms with Crippen LogP contribution in [0.1, 0.15) is 11.1 Å². The van der Waals surface area contributed by atoms with Gasteiger partial charge in [0.1, 0.15) is 5.75 Å². The number of amidine groups is 1. The molecule has 132 valence electrons. The van der Waals surface area contributed by atoms with Gasteiger partial charge in [0.05, 0.1) is 10.6 Å². The number of ether oxygens (including phenoxy) is 1. The van der Waals surface area contributed by atoms with Crippen LogP contribution in [0.4, 0.5) is 5.69 Å². The predicted molar refractivity (Wildman–Crippen MR) is 103 cm³/mol. The highest BCUT2D eigenvalue weighted by Gasteiger charge is 2.24. The molecule has 1 fully saturated rings. The molecule has 0 bridgehead atoms. The first kappa shape index (κ1) is 17.8. The van der Waals surface area contributed by atoms with Crippen LogP contribution in [0.25, 0.3) is 6.08 Å². The van der Waals surface area contributed by atoms with Gasteiger partial charge in [-0.15, -0.1) is 0 Å². The summed E-state index contributed by atoms with van der Waals surface area (Å²) in [5.41, 5.74) is 7.71. The maximum atomic E-state index is 12.2. The third-order valence-electron chi connectivity index (χ3n) is 3.49. The summed E-state index contributed by atoms with van der Waals surface area (Å²) in [5.74, 6) is -0.311. The average Bonchev–Trinajstić information content (AvgIpc) is 2.95. The molecule has 0 spiro atoms. The Bertz CT molecular complexity index is 905. The van der Waals surface area contributed by atoms with E-state index in [9.17, 15) is 9.59 Å². The molecule has 2 aromatic carbocycles. The Morgan fingerprint density at radius 1 is 1.23 bits per heavy atom. The highest BCUT2D eigenvalue weighted by Crippen LogP contribution is 2.30. The summed E-state index contributed by atoms with van der Waals surface area (Å²) < 4.78 is 5.39. The normalized spacial score (nSPS) is 16.7. The number of aliphatic imine (C=N–C) groups is 1. The second kappa shape index (κ2) is 7.88. The van der Waals surface area contributed by atoms with Crippen molar-refractivity contribution >= 4 is 40.5 Å². The Morgan fingerprint density at radius 2 is 1.96 bits per heavy atom. The van der Waals surface area contributed by atoms with Crippen molar-refractivity contribution in [3.05, 3.63) is 64.6 Å². The predicted octanol–water partition coefficient (Wildman–Crippen LogP) is 2.75. The van der Waals surface area contributed by atoms with Gasteiger partial charge < -0.3 is 15.8 Å². The zero-order valence-corrected chi connectivity index (χ0v) is 14.9. The largest absolute Gasteiger partial charge is 0.483 e. The number of hydrogen-bond acceptors (Lipinski definition) is 5. The molecule has 0 aromatic heterocycles. The summed E-state index contributed by atoms with van der Waals surface area (Å²) in [5, 5.41) is 3.26. The highest BCUT2D eigenvalue weighted by molar-refractivity contribution is 8.18. The Morgan fingerprint density at radius 3 is 2.69 bits per heavy atom. The number of nitrogens with one attached hydrogen (secondary N) is 1. The van der Waals surface area contributed by atoms with E-state index < -0.39 is 5.91 Å². The number of carbonyl (C=O) groups excluding carboxylic acids is 2. The molecular weight excluding hydrogens is 350 g/mol. The Labute approximate surface area is 155 Å². The number of para-hydroxylation sites is 1. The first-order chi connectivity index (χ1) is 12.5. The van der Waals surface area contributed by atoms with Crippen LogP contribution in [0.15, 0.2) is 58.4 Å². The Kier molecular flexibility index (Phi) is 5.38. The molecular formula is C19H17N3O3S. The molecule has 7 heteroatoms. The van der Waals surface area contributed by atoms with Crippen LogP contribution in [-0.2, 0) is 9.59 Å². The molecule has 3 N–H and O–H groups in total. The van der Waals surface area contributed by atoms with Gasteiger partial charge in [-0.2, -0.15) is 0 Å². The lowest BCUT2D eigenvalue weighted by Gasteiger charge is -2.07. The molecule has 3 rings (SSSR count). The third-order valence-corrected chi connectivity index (χ3v) is 4.40. The molecule has 0 saturated carbocycles. The standard InChI is InChI=1S/C19H17N3O3S/c1-12-6-8-14(9-7-12)21-19-22-18(24)16(26-19)10-13-4-2-3-5-15(13)25-11-17(20)23/h2-10H,11H2,1H3,(H2,20,23)(H,21,22,24)/b16-10-. The van der Waals surface area contributed by atoms with E-state index in [1.54, 1.807) is 24.3 Å². The van der Waals surface area contributed by atoms with Crippen LogP contribution in [0.3, 0.4) is 0 Å². The number of amides is 2. The van der Waals surface area contributed by atoms with Crippen LogP contribution in [0.2, 0.25) is 0 Å². The fourth-order valence-electron chi connectivity index (χ4n) is 2.24. The number of hydrogen-bond donors (Lipinski definition) is 2. The number of benzene rings is 2. The van der Waals surface area contributed by atoms with Crippen molar-refractivity contribution < 1.29 is 14.3 Å². The first-order valence-electron chi connectivity index (χ1n) is 7.87. The second-order valence-corrected chi connectivity index (χ2v) is 6.64. The minimum absolute atomic E-state index is 0.223. The van der Waals surface area contributed by atoms with Crippen molar-refractivity contribution in [2.45, 2.75) is 6.92 Å². The zero-order chi connectivity index (χ0) is 18.5. The summed E-state index contributed by atoms with van der Waals surface area (Å²) in [6.07, 6.45) is 1.70. The van der Waals surface area contributed by atoms with Gasteiger partial charge in [-0.1, -0.05) is 35.9 Å². The smallest absolute Gasteiger partial charge is 0.264 e. The van der Waals surface area contributed by atoms with Crippen molar-refractivity contribution in [1.82, 2.24) is 5.32 Å². The van der Waals surface area contributed by atoms with E-state index in [0.717, 1.165) is 11.3 Å². The van der Waals surface area contributed by atoms with Crippen LogP contribution < -0.4 is 15.8 Å². The van der Waals surface area contributed by atoms with Gasteiger partial charge in [-0.3, -0.25) is 9.59 Å². The van der Waals surface area contributed by atoms with Crippen molar-refractivity contribution in [3.63, 3.8) is 0 Å².